The third kappa shape index (κ3) is 4.60. The van der Waals surface area contributed by atoms with Crippen molar-refractivity contribution < 1.29 is 9.59 Å². The number of amides is 2. The lowest BCUT2D eigenvalue weighted by Crippen LogP contribution is -2.52. The molecule has 0 aromatic heterocycles. The third-order valence-corrected chi connectivity index (χ3v) is 7.65. The predicted molar refractivity (Wildman–Crippen MR) is 147 cm³/mol. The molecule has 2 aliphatic rings. The van der Waals surface area contributed by atoms with Gasteiger partial charge in [-0.1, -0.05) is 60.7 Å². The molecule has 5 rings (SSSR count). The summed E-state index contributed by atoms with van der Waals surface area (Å²) in [6.45, 7) is 4.59. The van der Waals surface area contributed by atoms with Crippen molar-refractivity contribution in [2.75, 3.05) is 11.9 Å². The molecule has 3 aromatic carbocycles. The average Bonchev–Trinajstić information content (AvgIpc) is 3.38. The van der Waals surface area contributed by atoms with Gasteiger partial charge in [0.1, 0.15) is 0 Å². The molecule has 2 atom stereocenters. The van der Waals surface area contributed by atoms with E-state index in [1.807, 2.05) is 85.5 Å². The van der Waals surface area contributed by atoms with Crippen molar-refractivity contribution in [3.05, 3.63) is 101 Å². The van der Waals surface area contributed by atoms with Crippen LogP contribution in [0.3, 0.4) is 0 Å². The minimum Gasteiger partial charge on any atom is -0.331 e. The SMILES string of the molecule is C/C=C\C(=C/C)[C@H]1[C@@H](C(=O)Nc2ccc3c(c2)CCC3)CCCN1C(=O)c1cccc2ccccc12. The van der Waals surface area contributed by atoms with Gasteiger partial charge in [-0.2, -0.15) is 0 Å². The monoisotopic (exact) mass is 478 g/mol. The van der Waals surface area contributed by atoms with E-state index in [0.717, 1.165) is 47.7 Å². The van der Waals surface area contributed by atoms with Gasteiger partial charge in [-0.05, 0) is 91.6 Å². The van der Waals surface area contributed by atoms with Gasteiger partial charge in [-0.15, -0.1) is 0 Å². The van der Waals surface area contributed by atoms with Crippen LogP contribution in [0.15, 0.2) is 84.5 Å². The molecule has 0 unspecified atom stereocenters. The highest BCUT2D eigenvalue weighted by atomic mass is 16.2. The lowest BCUT2D eigenvalue weighted by Gasteiger charge is -2.41. The van der Waals surface area contributed by atoms with Gasteiger partial charge in [-0.25, -0.2) is 0 Å². The molecule has 2 amide bonds. The summed E-state index contributed by atoms with van der Waals surface area (Å²) < 4.78 is 0. The van der Waals surface area contributed by atoms with Gasteiger partial charge in [0, 0.05) is 17.8 Å². The second-order valence-corrected chi connectivity index (χ2v) is 9.83. The number of anilines is 1. The average molecular weight is 479 g/mol. The molecule has 1 N–H and O–H groups in total. The largest absolute Gasteiger partial charge is 0.331 e. The predicted octanol–water partition coefficient (Wildman–Crippen LogP) is 6.71. The van der Waals surface area contributed by atoms with Crippen LogP contribution < -0.4 is 5.32 Å². The molecule has 4 heteroatoms. The summed E-state index contributed by atoms with van der Waals surface area (Å²) >= 11 is 0. The quantitative estimate of drug-likeness (QED) is 0.414. The van der Waals surface area contributed by atoms with Gasteiger partial charge < -0.3 is 10.2 Å². The molecule has 1 aliphatic carbocycles. The molecule has 1 saturated heterocycles. The van der Waals surface area contributed by atoms with Crippen molar-refractivity contribution in [3.63, 3.8) is 0 Å². The van der Waals surface area contributed by atoms with E-state index in [4.69, 9.17) is 0 Å². The standard InChI is InChI=1S/C32H34N2O2/c1-3-10-22(4-2)30-29(31(35)33-26-19-18-23-12-7-14-25(23)21-26)17-9-20-34(30)32(36)28-16-8-13-24-11-5-6-15-27(24)28/h3-6,8,10-11,13,15-16,18-19,21,29-30H,7,9,12,14,17,20H2,1-2H3,(H,33,35)/b10-3-,22-4+/t29-,30-/m0/s1. The van der Waals surface area contributed by atoms with Crippen molar-refractivity contribution >= 4 is 28.3 Å². The highest BCUT2D eigenvalue weighted by molar-refractivity contribution is 6.07. The number of likely N-dealkylation sites (tertiary alicyclic amines) is 1. The fourth-order valence-corrected chi connectivity index (χ4v) is 5.92. The zero-order chi connectivity index (χ0) is 25.1. The number of carbonyl (C=O) groups excluding carboxylic acids is 2. The van der Waals surface area contributed by atoms with Gasteiger partial charge >= 0.3 is 0 Å². The summed E-state index contributed by atoms with van der Waals surface area (Å²) in [7, 11) is 0. The van der Waals surface area contributed by atoms with Gasteiger partial charge in [0.25, 0.3) is 5.91 Å². The van der Waals surface area contributed by atoms with Crippen molar-refractivity contribution in [2.45, 2.75) is 52.0 Å². The van der Waals surface area contributed by atoms with E-state index in [0.29, 0.717) is 12.1 Å². The molecule has 3 aromatic rings. The number of allylic oxidation sites excluding steroid dienone is 2. The number of nitrogens with zero attached hydrogens (tertiary/aromatic N) is 1. The summed E-state index contributed by atoms with van der Waals surface area (Å²) in [6, 6.07) is 19.8. The Labute approximate surface area is 213 Å². The highest BCUT2D eigenvalue weighted by Gasteiger charge is 2.40. The molecule has 184 valence electrons. The van der Waals surface area contributed by atoms with Crippen LogP contribution in [0, 0.1) is 5.92 Å². The van der Waals surface area contributed by atoms with Crippen molar-refractivity contribution in [2.24, 2.45) is 5.92 Å². The highest BCUT2D eigenvalue weighted by Crippen LogP contribution is 2.34. The first-order valence-corrected chi connectivity index (χ1v) is 13.1. The molecule has 0 bridgehead atoms. The Balaban J connectivity index is 1.48. The number of nitrogens with one attached hydrogen (secondary N) is 1. The van der Waals surface area contributed by atoms with E-state index in [2.05, 4.69) is 17.4 Å². The number of benzene rings is 3. The molecule has 36 heavy (non-hydrogen) atoms. The molecule has 1 aliphatic heterocycles. The van der Waals surface area contributed by atoms with Gasteiger partial charge in [0.2, 0.25) is 5.91 Å². The normalized spacial score (nSPS) is 20.1. The number of fused-ring (bicyclic) bond motifs is 2. The first kappa shape index (κ1) is 24.1. The van der Waals surface area contributed by atoms with Crippen LogP contribution in [0.25, 0.3) is 10.8 Å². The lowest BCUT2D eigenvalue weighted by atomic mass is 9.82. The number of carbonyl (C=O) groups is 2. The summed E-state index contributed by atoms with van der Waals surface area (Å²) in [4.78, 5) is 29.7. The molecule has 0 radical (unpaired) electrons. The number of hydrogen-bond acceptors (Lipinski definition) is 2. The van der Waals surface area contributed by atoms with Crippen LogP contribution in [0.1, 0.15) is 54.6 Å². The smallest absolute Gasteiger partial charge is 0.255 e. The zero-order valence-corrected chi connectivity index (χ0v) is 21.2. The Bertz CT molecular complexity index is 1350. The zero-order valence-electron chi connectivity index (χ0n) is 21.2. The van der Waals surface area contributed by atoms with Crippen LogP contribution in [-0.4, -0.2) is 29.3 Å². The maximum absolute atomic E-state index is 14.0. The second-order valence-electron chi connectivity index (χ2n) is 9.83. The summed E-state index contributed by atoms with van der Waals surface area (Å²) in [5.74, 6) is -0.360. The Morgan fingerprint density at radius 1 is 0.944 bits per heavy atom. The lowest BCUT2D eigenvalue weighted by molar-refractivity contribution is -0.122. The Kier molecular flexibility index (Phi) is 7.04. The maximum Gasteiger partial charge on any atom is 0.255 e. The van der Waals surface area contributed by atoms with E-state index in [1.54, 1.807) is 0 Å². The topological polar surface area (TPSA) is 49.4 Å². The van der Waals surface area contributed by atoms with Crippen LogP contribution in [0.2, 0.25) is 0 Å². The van der Waals surface area contributed by atoms with Crippen molar-refractivity contribution in [1.82, 2.24) is 4.90 Å². The van der Waals surface area contributed by atoms with E-state index in [1.165, 1.54) is 17.5 Å². The van der Waals surface area contributed by atoms with Crippen LogP contribution >= 0.6 is 0 Å². The van der Waals surface area contributed by atoms with Gasteiger partial charge in [0.05, 0.1) is 12.0 Å². The minimum atomic E-state index is -0.326. The Hall–Kier alpha value is -3.66. The number of piperidine rings is 1. The fourth-order valence-electron chi connectivity index (χ4n) is 5.92. The number of rotatable bonds is 5. The minimum absolute atomic E-state index is 0.0165. The second kappa shape index (κ2) is 10.5. The first-order valence-electron chi connectivity index (χ1n) is 13.1. The maximum atomic E-state index is 14.0. The van der Waals surface area contributed by atoms with Crippen LogP contribution in [0.5, 0.6) is 0 Å². The molecule has 0 spiro atoms. The summed E-state index contributed by atoms with van der Waals surface area (Å²) in [5.41, 5.74) is 5.27. The molecule has 0 saturated carbocycles. The van der Waals surface area contributed by atoms with E-state index < -0.39 is 0 Å². The Morgan fingerprint density at radius 2 is 1.75 bits per heavy atom. The first-order chi connectivity index (χ1) is 17.6. The van der Waals surface area contributed by atoms with Gasteiger partial charge in [-0.3, -0.25) is 9.59 Å². The molecule has 4 nitrogen and oxygen atoms in total. The number of aryl methyl sites for hydroxylation is 2. The van der Waals surface area contributed by atoms with Crippen molar-refractivity contribution in [1.29, 1.82) is 0 Å². The van der Waals surface area contributed by atoms with E-state index in [-0.39, 0.29) is 23.8 Å². The molecule has 1 heterocycles. The summed E-state index contributed by atoms with van der Waals surface area (Å²) in [5, 5.41) is 5.18. The van der Waals surface area contributed by atoms with Crippen molar-refractivity contribution in [3.8, 4) is 0 Å². The fraction of sp³-hybridized carbons (Fsp3) is 0.312. The molecular weight excluding hydrogens is 444 g/mol. The molecular formula is C32H34N2O2. The molecule has 1 fully saturated rings. The van der Waals surface area contributed by atoms with Gasteiger partial charge in [0.15, 0.2) is 0 Å². The third-order valence-electron chi connectivity index (χ3n) is 7.65. The van der Waals surface area contributed by atoms with E-state index in [9.17, 15) is 9.59 Å². The summed E-state index contributed by atoms with van der Waals surface area (Å²) in [6.07, 6.45) is 11.0. The van der Waals surface area contributed by atoms with Crippen LogP contribution in [-0.2, 0) is 17.6 Å². The number of hydrogen-bond donors (Lipinski definition) is 1. The Morgan fingerprint density at radius 3 is 2.58 bits per heavy atom. The van der Waals surface area contributed by atoms with Crippen LogP contribution in [0.4, 0.5) is 5.69 Å². The van der Waals surface area contributed by atoms with E-state index >= 15 is 0 Å².